The van der Waals surface area contributed by atoms with Crippen LogP contribution in [-0.2, 0) is 4.79 Å². The van der Waals surface area contributed by atoms with Gasteiger partial charge >= 0.3 is 0 Å². The molecule has 0 aliphatic heterocycles. The van der Waals surface area contributed by atoms with Crippen LogP contribution in [-0.4, -0.2) is 29.0 Å². The van der Waals surface area contributed by atoms with Crippen LogP contribution in [0.4, 0.5) is 0 Å². The van der Waals surface area contributed by atoms with Crippen LogP contribution in [0.2, 0.25) is 0 Å². The molecule has 0 aromatic carbocycles. The first-order chi connectivity index (χ1) is 3.63. The Balaban J connectivity index is 3.05. The summed E-state index contributed by atoms with van der Waals surface area (Å²) in [5, 5.41) is 9.20. The molecule has 3 nitrogen and oxygen atoms in total. The van der Waals surface area contributed by atoms with Gasteiger partial charge in [0.05, 0.1) is 0 Å². The lowest BCUT2D eigenvalue weighted by Gasteiger charge is -2.03. The Hall–Kier alpha value is -0.0600. The van der Waals surface area contributed by atoms with E-state index >= 15 is 0 Å². The Morgan fingerprint density at radius 3 is 2.50 bits per heavy atom. The van der Waals surface area contributed by atoms with E-state index in [9.17, 15) is 4.79 Å². The fraction of sp³-hybridized carbons (Fsp3) is 0.750. The van der Waals surface area contributed by atoms with Gasteiger partial charge in [-0.25, -0.2) is 0 Å². The Kier molecular flexibility index (Phi) is 3.85. The molecule has 0 spiro atoms. The highest BCUT2D eigenvalue weighted by Crippen LogP contribution is 1.87. The van der Waals surface area contributed by atoms with Gasteiger partial charge in [-0.3, -0.25) is 4.79 Å². The van der Waals surface area contributed by atoms with E-state index < -0.39 is 0 Å². The van der Waals surface area contributed by atoms with Crippen molar-refractivity contribution >= 4 is 17.7 Å². The Morgan fingerprint density at radius 2 is 2.38 bits per heavy atom. The van der Waals surface area contributed by atoms with Crippen LogP contribution in [0, 0.1) is 0 Å². The van der Waals surface area contributed by atoms with E-state index in [1.54, 1.807) is 0 Å². The summed E-state index contributed by atoms with van der Waals surface area (Å²) in [7, 11) is 1.48. The largest absolute Gasteiger partial charge is 0.314 e. The summed E-state index contributed by atoms with van der Waals surface area (Å²) in [5.74, 6) is 0. The SMILES string of the molecule is CN(O)CCC(=O)S. The van der Waals surface area contributed by atoms with Gasteiger partial charge in [-0.1, -0.05) is 0 Å². The number of rotatable bonds is 3. The molecule has 0 amide bonds. The van der Waals surface area contributed by atoms with Gasteiger partial charge in [0.2, 0.25) is 0 Å². The smallest absolute Gasteiger partial charge is 0.187 e. The zero-order valence-electron chi connectivity index (χ0n) is 4.66. The van der Waals surface area contributed by atoms with Gasteiger partial charge < -0.3 is 5.21 Å². The van der Waals surface area contributed by atoms with Crippen LogP contribution in [0.15, 0.2) is 0 Å². The minimum absolute atomic E-state index is 0.203. The molecular weight excluding hydrogens is 126 g/mol. The van der Waals surface area contributed by atoms with Crippen molar-refractivity contribution in [3.05, 3.63) is 0 Å². The Bertz CT molecular complexity index is 84.1. The highest BCUT2D eigenvalue weighted by molar-refractivity contribution is 7.96. The average molecular weight is 135 g/mol. The molecule has 0 radical (unpaired) electrons. The summed E-state index contributed by atoms with van der Waals surface area (Å²) in [6.45, 7) is 0.350. The summed E-state index contributed by atoms with van der Waals surface area (Å²) in [6.07, 6.45) is 0.288. The van der Waals surface area contributed by atoms with Crippen molar-refractivity contribution in [1.29, 1.82) is 0 Å². The molecule has 4 heteroatoms. The van der Waals surface area contributed by atoms with Crippen LogP contribution >= 0.6 is 12.6 Å². The highest BCUT2D eigenvalue weighted by Gasteiger charge is 1.94. The Morgan fingerprint density at radius 1 is 1.88 bits per heavy atom. The fourth-order valence-electron chi connectivity index (χ4n) is 0.257. The topological polar surface area (TPSA) is 40.5 Å². The normalized spacial score (nSPS) is 10.0. The van der Waals surface area contributed by atoms with Gasteiger partial charge in [0.25, 0.3) is 0 Å². The van der Waals surface area contributed by atoms with Crippen LogP contribution in [0.3, 0.4) is 0 Å². The molecule has 0 aliphatic rings. The first kappa shape index (κ1) is 7.94. The fourth-order valence-corrected chi connectivity index (χ4v) is 0.357. The van der Waals surface area contributed by atoms with E-state index in [0.717, 1.165) is 5.06 Å². The van der Waals surface area contributed by atoms with Crippen molar-refractivity contribution in [3.63, 3.8) is 0 Å². The molecule has 48 valence electrons. The number of nitrogens with zero attached hydrogens (tertiary/aromatic N) is 1. The summed E-state index contributed by atoms with van der Waals surface area (Å²) in [6, 6.07) is 0. The summed E-state index contributed by atoms with van der Waals surface area (Å²) >= 11 is 3.50. The van der Waals surface area contributed by atoms with E-state index in [1.165, 1.54) is 7.05 Å². The van der Waals surface area contributed by atoms with E-state index in [0.29, 0.717) is 6.54 Å². The first-order valence-corrected chi connectivity index (χ1v) is 2.69. The standard InChI is InChI=1S/C4H9NO2S/c1-5(7)3-2-4(6)8/h7H,2-3H2,1H3,(H,6,8). The summed E-state index contributed by atoms with van der Waals surface area (Å²) in [5.41, 5.74) is 0. The maximum absolute atomic E-state index is 10.1. The molecule has 0 aromatic heterocycles. The van der Waals surface area contributed by atoms with Gasteiger partial charge in [0.1, 0.15) is 0 Å². The molecule has 0 heterocycles. The van der Waals surface area contributed by atoms with Crippen molar-refractivity contribution < 1.29 is 10.0 Å². The lowest BCUT2D eigenvalue weighted by atomic mass is 10.5. The second kappa shape index (κ2) is 3.88. The number of carbonyl (C=O) groups excluding carboxylic acids is 1. The number of thiol groups is 1. The number of hydrogen-bond acceptors (Lipinski definition) is 3. The van der Waals surface area contributed by atoms with Crippen LogP contribution < -0.4 is 0 Å². The van der Waals surface area contributed by atoms with Crippen molar-refractivity contribution in [1.82, 2.24) is 5.06 Å². The van der Waals surface area contributed by atoms with Crippen molar-refractivity contribution in [2.24, 2.45) is 0 Å². The van der Waals surface area contributed by atoms with E-state index in [1.807, 2.05) is 0 Å². The third kappa shape index (κ3) is 5.94. The average Bonchev–Trinajstić information content (AvgIpc) is 1.61. The molecule has 0 unspecified atom stereocenters. The zero-order valence-corrected chi connectivity index (χ0v) is 5.56. The molecule has 0 aliphatic carbocycles. The maximum Gasteiger partial charge on any atom is 0.187 e. The van der Waals surface area contributed by atoms with Crippen LogP contribution in [0.25, 0.3) is 0 Å². The summed E-state index contributed by atoms with van der Waals surface area (Å²) in [4.78, 5) is 10.1. The molecule has 1 N–H and O–H groups in total. The maximum atomic E-state index is 10.1. The zero-order chi connectivity index (χ0) is 6.57. The van der Waals surface area contributed by atoms with Gasteiger partial charge in [-0.2, -0.15) is 5.06 Å². The molecule has 0 rings (SSSR count). The number of hydrogen-bond donors (Lipinski definition) is 2. The monoisotopic (exact) mass is 135 g/mol. The van der Waals surface area contributed by atoms with E-state index in [4.69, 9.17) is 5.21 Å². The molecule has 8 heavy (non-hydrogen) atoms. The molecule has 0 saturated carbocycles. The van der Waals surface area contributed by atoms with Gasteiger partial charge in [-0.05, 0) is 0 Å². The van der Waals surface area contributed by atoms with Crippen molar-refractivity contribution in [2.75, 3.05) is 13.6 Å². The predicted octanol–water partition coefficient (Wildman–Crippen LogP) is 0.154. The lowest BCUT2D eigenvalue weighted by molar-refractivity contribution is -0.114. The predicted molar refractivity (Wildman–Crippen MR) is 33.0 cm³/mol. The third-order valence-corrected chi connectivity index (χ3v) is 0.873. The van der Waals surface area contributed by atoms with Gasteiger partial charge in [-0.15, -0.1) is 12.6 Å². The van der Waals surface area contributed by atoms with E-state index in [-0.39, 0.29) is 11.5 Å². The Labute approximate surface area is 53.7 Å². The molecule has 0 saturated heterocycles. The highest BCUT2D eigenvalue weighted by atomic mass is 32.1. The minimum Gasteiger partial charge on any atom is -0.314 e. The number of carbonyl (C=O) groups is 1. The van der Waals surface area contributed by atoms with Crippen molar-refractivity contribution in [2.45, 2.75) is 6.42 Å². The van der Waals surface area contributed by atoms with Crippen LogP contribution in [0.5, 0.6) is 0 Å². The molecule has 0 fully saturated rings. The number of hydroxylamine groups is 2. The van der Waals surface area contributed by atoms with E-state index in [2.05, 4.69) is 12.6 Å². The summed E-state index contributed by atoms with van der Waals surface area (Å²) < 4.78 is 0. The van der Waals surface area contributed by atoms with Gasteiger partial charge in [0, 0.05) is 20.0 Å². The molecule has 0 atom stereocenters. The third-order valence-electron chi connectivity index (χ3n) is 0.649. The minimum atomic E-state index is -0.203. The van der Waals surface area contributed by atoms with Gasteiger partial charge in [0.15, 0.2) is 5.12 Å². The second-order valence-corrected chi connectivity index (χ2v) is 2.02. The van der Waals surface area contributed by atoms with Crippen LogP contribution in [0.1, 0.15) is 6.42 Å². The van der Waals surface area contributed by atoms with Crippen molar-refractivity contribution in [3.8, 4) is 0 Å². The second-order valence-electron chi connectivity index (χ2n) is 1.52. The lowest BCUT2D eigenvalue weighted by Crippen LogP contribution is -2.15. The molecular formula is C4H9NO2S. The first-order valence-electron chi connectivity index (χ1n) is 2.24. The quantitative estimate of drug-likeness (QED) is 0.427. The molecule has 0 aromatic rings. The molecule has 0 bridgehead atoms.